The predicted octanol–water partition coefficient (Wildman–Crippen LogP) is 4.63. The zero-order chi connectivity index (χ0) is 16.5. The molecule has 124 valence electrons. The molecule has 1 saturated heterocycles. The number of carbonyl (C=O) groups excluding carboxylic acids is 1. The van der Waals surface area contributed by atoms with Crippen LogP contribution in [0.5, 0.6) is 0 Å². The lowest BCUT2D eigenvalue weighted by atomic mass is 9.74. The van der Waals surface area contributed by atoms with Crippen molar-refractivity contribution in [2.45, 2.75) is 48.3 Å². The van der Waals surface area contributed by atoms with Crippen molar-refractivity contribution in [2.24, 2.45) is 0 Å². The number of nitrogens with zero attached hydrogens (tertiary/aromatic N) is 1. The Kier molecular flexibility index (Phi) is 4.36. The smallest absolute Gasteiger partial charge is 0.222 e. The van der Waals surface area contributed by atoms with Gasteiger partial charge in [0.1, 0.15) is 0 Å². The largest absolute Gasteiger partial charge is 0.342 e. The molecule has 3 heteroatoms. The Morgan fingerprint density at radius 1 is 1.08 bits per heavy atom. The van der Waals surface area contributed by atoms with Gasteiger partial charge in [-0.2, -0.15) is 0 Å². The monoisotopic (exact) mass is 337 g/mol. The highest BCUT2D eigenvalue weighted by atomic mass is 32.2. The number of hydrogen-bond acceptors (Lipinski definition) is 2. The second-order valence-corrected chi connectivity index (χ2v) is 7.94. The van der Waals surface area contributed by atoms with Gasteiger partial charge in [0.15, 0.2) is 0 Å². The van der Waals surface area contributed by atoms with Gasteiger partial charge in [-0.15, -0.1) is 11.8 Å². The van der Waals surface area contributed by atoms with Crippen molar-refractivity contribution in [1.82, 2.24) is 4.90 Å². The predicted molar refractivity (Wildman–Crippen MR) is 99.3 cm³/mol. The van der Waals surface area contributed by atoms with Crippen LogP contribution in [0.4, 0.5) is 0 Å². The van der Waals surface area contributed by atoms with Crippen molar-refractivity contribution >= 4 is 17.7 Å². The van der Waals surface area contributed by atoms with E-state index in [0.29, 0.717) is 24.3 Å². The van der Waals surface area contributed by atoms with Crippen molar-refractivity contribution in [3.05, 3.63) is 65.2 Å². The zero-order valence-electron chi connectivity index (χ0n) is 14.1. The molecule has 4 rings (SSSR count). The first-order chi connectivity index (χ1) is 11.7. The van der Waals surface area contributed by atoms with E-state index < -0.39 is 0 Å². The first-order valence-corrected chi connectivity index (χ1v) is 9.76. The Morgan fingerprint density at radius 3 is 2.75 bits per heavy atom. The number of hydrogen-bond donors (Lipinski definition) is 0. The quantitative estimate of drug-likeness (QED) is 0.761. The maximum atomic E-state index is 12.0. The van der Waals surface area contributed by atoms with Gasteiger partial charge in [0.05, 0.1) is 0 Å². The Morgan fingerprint density at radius 2 is 1.92 bits per heavy atom. The summed E-state index contributed by atoms with van der Waals surface area (Å²) in [5.41, 5.74) is 4.35. The van der Waals surface area contributed by atoms with Crippen LogP contribution < -0.4 is 0 Å². The fraction of sp³-hybridized carbons (Fsp3) is 0.381. The minimum absolute atomic E-state index is 0.315. The van der Waals surface area contributed by atoms with Crippen LogP contribution in [0.1, 0.15) is 41.9 Å². The zero-order valence-corrected chi connectivity index (χ0v) is 14.9. The SMILES string of the molecule is CN1C(=O)CC[C@@H]2c3ccc(SCc4ccccc4)cc3CC[C@H]21. The van der Waals surface area contributed by atoms with Crippen molar-refractivity contribution in [2.75, 3.05) is 7.05 Å². The topological polar surface area (TPSA) is 20.3 Å². The first kappa shape index (κ1) is 15.8. The van der Waals surface area contributed by atoms with E-state index in [1.807, 2.05) is 23.7 Å². The average Bonchev–Trinajstić information content (AvgIpc) is 2.63. The fourth-order valence-electron chi connectivity index (χ4n) is 4.15. The lowest BCUT2D eigenvalue weighted by Gasteiger charge is -2.43. The van der Waals surface area contributed by atoms with Crippen LogP contribution >= 0.6 is 11.8 Å². The Bertz CT molecular complexity index is 743. The van der Waals surface area contributed by atoms with Crippen LogP contribution in [-0.4, -0.2) is 23.9 Å². The van der Waals surface area contributed by atoms with Gasteiger partial charge >= 0.3 is 0 Å². The van der Waals surface area contributed by atoms with Crippen LogP contribution in [-0.2, 0) is 17.0 Å². The summed E-state index contributed by atoms with van der Waals surface area (Å²) in [6.07, 6.45) is 3.90. The van der Waals surface area contributed by atoms with Crippen LogP contribution in [0.25, 0.3) is 0 Å². The van der Waals surface area contributed by atoms with Gasteiger partial charge in [-0.1, -0.05) is 36.4 Å². The summed E-state index contributed by atoms with van der Waals surface area (Å²) in [6.45, 7) is 0. The van der Waals surface area contributed by atoms with E-state index in [4.69, 9.17) is 0 Å². The van der Waals surface area contributed by atoms with Crippen LogP contribution in [0.2, 0.25) is 0 Å². The summed E-state index contributed by atoms with van der Waals surface area (Å²) in [7, 11) is 1.98. The molecule has 2 atom stereocenters. The minimum Gasteiger partial charge on any atom is -0.342 e. The summed E-state index contributed by atoms with van der Waals surface area (Å²) in [5.74, 6) is 1.86. The molecule has 1 aliphatic heterocycles. The summed E-state index contributed by atoms with van der Waals surface area (Å²) < 4.78 is 0. The number of carbonyl (C=O) groups is 1. The summed E-state index contributed by atoms with van der Waals surface area (Å²) in [4.78, 5) is 15.3. The number of likely N-dealkylation sites (tertiary alicyclic amines) is 1. The van der Waals surface area contributed by atoms with E-state index in [2.05, 4.69) is 48.5 Å². The third-order valence-electron chi connectivity index (χ3n) is 5.50. The molecule has 2 nitrogen and oxygen atoms in total. The molecule has 2 aromatic rings. The van der Waals surface area contributed by atoms with Gasteiger partial charge in [-0.25, -0.2) is 0 Å². The molecular formula is C21H23NOS. The molecule has 2 aromatic carbocycles. The number of amides is 1. The van der Waals surface area contributed by atoms with Crippen molar-refractivity contribution in [3.8, 4) is 0 Å². The minimum atomic E-state index is 0.315. The molecule has 0 spiro atoms. The molecular weight excluding hydrogens is 314 g/mol. The third-order valence-corrected chi connectivity index (χ3v) is 6.56. The van der Waals surface area contributed by atoms with Crippen molar-refractivity contribution in [3.63, 3.8) is 0 Å². The van der Waals surface area contributed by atoms with E-state index >= 15 is 0 Å². The van der Waals surface area contributed by atoms with Crippen LogP contribution in [0.15, 0.2) is 53.4 Å². The van der Waals surface area contributed by atoms with E-state index in [-0.39, 0.29) is 0 Å². The molecule has 0 bridgehead atoms. The number of rotatable bonds is 3. The maximum Gasteiger partial charge on any atom is 0.222 e. The van der Waals surface area contributed by atoms with Crippen molar-refractivity contribution in [1.29, 1.82) is 0 Å². The molecule has 0 saturated carbocycles. The number of aryl methyl sites for hydroxylation is 1. The number of piperidine rings is 1. The summed E-state index contributed by atoms with van der Waals surface area (Å²) in [5, 5.41) is 0. The molecule has 24 heavy (non-hydrogen) atoms. The summed E-state index contributed by atoms with van der Waals surface area (Å²) >= 11 is 1.91. The molecule has 1 heterocycles. The summed E-state index contributed by atoms with van der Waals surface area (Å²) in [6, 6.07) is 18.0. The Labute approximate surface area is 148 Å². The van der Waals surface area contributed by atoms with Gasteiger partial charge in [-0.05, 0) is 48.1 Å². The second-order valence-electron chi connectivity index (χ2n) is 6.89. The van der Waals surface area contributed by atoms with E-state index in [9.17, 15) is 4.79 Å². The molecule has 1 amide bonds. The Hall–Kier alpha value is -1.74. The van der Waals surface area contributed by atoms with E-state index in [1.54, 1.807) is 0 Å². The number of fused-ring (bicyclic) bond motifs is 3. The second kappa shape index (κ2) is 6.64. The van der Waals surface area contributed by atoms with E-state index in [1.165, 1.54) is 21.6 Å². The molecule has 0 radical (unpaired) electrons. The molecule has 1 aliphatic carbocycles. The van der Waals surface area contributed by atoms with Crippen LogP contribution in [0.3, 0.4) is 0 Å². The molecule has 1 fully saturated rings. The molecule has 0 N–H and O–H groups in total. The lowest BCUT2D eigenvalue weighted by Crippen LogP contribution is -2.47. The first-order valence-electron chi connectivity index (χ1n) is 8.77. The van der Waals surface area contributed by atoms with Gasteiger partial charge < -0.3 is 4.90 Å². The number of likely N-dealkylation sites (N-methyl/N-ethyl adjacent to an activating group) is 1. The van der Waals surface area contributed by atoms with Gasteiger partial charge in [0.25, 0.3) is 0 Å². The Balaban J connectivity index is 1.51. The highest BCUT2D eigenvalue weighted by molar-refractivity contribution is 7.98. The molecule has 0 unspecified atom stereocenters. The molecule has 0 aromatic heterocycles. The number of thioether (sulfide) groups is 1. The van der Waals surface area contributed by atoms with E-state index in [0.717, 1.165) is 25.0 Å². The van der Waals surface area contributed by atoms with Gasteiger partial charge in [0.2, 0.25) is 5.91 Å². The van der Waals surface area contributed by atoms with Crippen LogP contribution in [0, 0.1) is 0 Å². The maximum absolute atomic E-state index is 12.0. The van der Waals surface area contributed by atoms with Crippen molar-refractivity contribution < 1.29 is 4.79 Å². The molecule has 2 aliphatic rings. The highest BCUT2D eigenvalue weighted by Gasteiger charge is 2.37. The lowest BCUT2D eigenvalue weighted by molar-refractivity contribution is -0.135. The third kappa shape index (κ3) is 2.98. The number of benzene rings is 2. The van der Waals surface area contributed by atoms with Gasteiger partial charge in [-0.3, -0.25) is 4.79 Å². The average molecular weight is 337 g/mol. The standard InChI is InChI=1S/C21H23NOS/c1-22-20-11-7-16-13-17(24-14-15-5-3-2-4-6-15)8-9-18(16)19(20)10-12-21(22)23/h2-6,8-9,13,19-20H,7,10-12,14H2,1H3/t19-,20-/m1/s1. The van der Waals surface area contributed by atoms with Gasteiger partial charge in [0, 0.05) is 36.1 Å². The fourth-order valence-corrected chi connectivity index (χ4v) is 5.07. The normalized spacial score (nSPS) is 22.9. The highest BCUT2D eigenvalue weighted by Crippen LogP contribution is 2.41.